The number of methoxy groups -OCH3 is 2. The van der Waals surface area contributed by atoms with Crippen molar-refractivity contribution in [2.75, 3.05) is 14.2 Å². The molecule has 0 saturated heterocycles. The molecule has 4 aromatic rings. The van der Waals surface area contributed by atoms with Crippen molar-refractivity contribution in [1.29, 1.82) is 0 Å². The summed E-state index contributed by atoms with van der Waals surface area (Å²) in [5.41, 5.74) is 5.36. The molecule has 2 aliphatic rings. The molecule has 0 atom stereocenters. The van der Waals surface area contributed by atoms with Gasteiger partial charge in [-0.2, -0.15) is 21.9 Å². The first-order valence-electron chi connectivity index (χ1n) is 19.0. The van der Waals surface area contributed by atoms with Crippen LogP contribution in [-0.4, -0.2) is 32.3 Å². The van der Waals surface area contributed by atoms with E-state index < -0.39 is 18.1 Å². The Balaban J connectivity index is 0. The summed E-state index contributed by atoms with van der Waals surface area (Å²) in [7, 11) is 2.37. The molecule has 0 bridgehead atoms. The number of hydrogen-bond acceptors (Lipinski definition) is 5. The Labute approximate surface area is 397 Å². The van der Waals surface area contributed by atoms with Crippen LogP contribution in [0.4, 0.5) is 0 Å². The van der Waals surface area contributed by atoms with Gasteiger partial charge in [0.25, 0.3) is 0 Å². The van der Waals surface area contributed by atoms with Crippen LogP contribution in [0.2, 0.25) is 0 Å². The number of ether oxygens (including phenoxy) is 2. The van der Waals surface area contributed by atoms with Gasteiger partial charge in [0, 0.05) is 25.6 Å². The van der Waals surface area contributed by atoms with Gasteiger partial charge in [-0.05, 0) is 59.2 Å². The fraction of sp³-hybridized carbons (Fsp3) is 0.231. The predicted molar refractivity (Wildman–Crippen MR) is 252 cm³/mol. The van der Waals surface area contributed by atoms with Crippen LogP contribution in [-0.2, 0) is 70.6 Å². The topological polar surface area (TPSA) is 52.6 Å². The largest absolute Gasteiger partial charge is 2.00 e. The van der Waals surface area contributed by atoms with Gasteiger partial charge in [-0.15, -0.1) is 0 Å². The van der Waals surface area contributed by atoms with E-state index in [2.05, 4.69) is 213 Å². The number of hydrogen-bond donors (Lipinski definition) is 0. The number of esters is 2. The van der Waals surface area contributed by atoms with Crippen molar-refractivity contribution in [1.82, 2.24) is 0 Å². The molecular weight excluding hydrogens is 937 g/mol. The van der Waals surface area contributed by atoms with Crippen LogP contribution in [0.3, 0.4) is 0 Å². The minimum Gasteiger partial charge on any atom is -0.773 e. The fourth-order valence-electron chi connectivity index (χ4n) is 7.26. The SMILES string of the molecule is COC(=O)/C=C(/[S-])C(=O)OC.C[C]1[C](C)[C](C)[C](C)[C]1C.C[C]1[C](C)[C](C)[C](C)[C]1C.[CH3-].[CH3-].[Rh+2].[Rh].c1ccc([B-](c2ccccc2)(c2ccccc2)c2ccccc2)cc1. The smallest absolute Gasteiger partial charge is 0.773 e. The third-order valence-corrected chi connectivity index (χ3v) is 11.9. The van der Waals surface area contributed by atoms with Crippen LogP contribution in [0.25, 0.3) is 0 Å². The molecule has 4 aromatic carbocycles. The van der Waals surface area contributed by atoms with Gasteiger partial charge in [0.2, 0.25) is 0 Å². The second kappa shape index (κ2) is 28.6. The zero-order valence-corrected chi connectivity index (χ0v) is 42.0. The minimum absolute atomic E-state index is 0. The monoisotopic (exact) mass is 1000 g/mol. The second-order valence-corrected chi connectivity index (χ2v) is 14.7. The van der Waals surface area contributed by atoms with Gasteiger partial charge in [-0.1, -0.05) is 195 Å². The Morgan fingerprint density at radius 1 is 0.433 bits per heavy atom. The molecule has 4 nitrogen and oxygen atoms in total. The number of benzene rings is 4. The molecule has 0 heterocycles. The third kappa shape index (κ3) is 14.6. The van der Waals surface area contributed by atoms with Crippen LogP contribution < -0.4 is 21.9 Å². The van der Waals surface area contributed by atoms with Crippen molar-refractivity contribution in [3.05, 3.63) is 206 Å². The molecule has 324 valence electrons. The molecule has 2 saturated carbocycles. The molecular formula is C52H63BO4Rh2S-2. The molecule has 2 fully saturated rings. The van der Waals surface area contributed by atoms with E-state index in [-0.39, 0.29) is 58.7 Å². The molecule has 0 amide bonds. The van der Waals surface area contributed by atoms with E-state index in [4.69, 9.17) is 0 Å². The zero-order chi connectivity index (χ0) is 41.6. The van der Waals surface area contributed by atoms with Gasteiger partial charge >= 0.3 is 31.4 Å². The molecule has 12 radical (unpaired) electrons. The fourth-order valence-corrected chi connectivity index (χ4v) is 7.44. The van der Waals surface area contributed by atoms with Crippen molar-refractivity contribution in [3.63, 3.8) is 0 Å². The van der Waals surface area contributed by atoms with E-state index in [1.807, 2.05) is 0 Å². The molecule has 0 spiro atoms. The van der Waals surface area contributed by atoms with Crippen LogP contribution in [0.5, 0.6) is 0 Å². The van der Waals surface area contributed by atoms with Crippen molar-refractivity contribution in [3.8, 4) is 0 Å². The summed E-state index contributed by atoms with van der Waals surface area (Å²) < 4.78 is 8.46. The quantitative estimate of drug-likeness (QED) is 0.0634. The van der Waals surface area contributed by atoms with Crippen molar-refractivity contribution in [2.24, 2.45) is 0 Å². The summed E-state index contributed by atoms with van der Waals surface area (Å²) in [6.45, 7) is 22.0. The van der Waals surface area contributed by atoms with Gasteiger partial charge in [0.15, 0.2) is 0 Å². The average Bonchev–Trinajstić information content (AvgIpc) is 3.51. The zero-order valence-electron chi connectivity index (χ0n) is 37.9. The van der Waals surface area contributed by atoms with Gasteiger partial charge < -0.3 is 37.0 Å². The van der Waals surface area contributed by atoms with E-state index in [0.717, 1.165) is 6.08 Å². The molecule has 2 aliphatic carbocycles. The first-order chi connectivity index (χ1) is 26.6. The Kier molecular flexibility index (Phi) is 28.3. The van der Waals surface area contributed by atoms with Crippen molar-refractivity contribution < 1.29 is 58.0 Å². The van der Waals surface area contributed by atoms with Gasteiger partial charge in [-0.3, -0.25) is 0 Å². The van der Waals surface area contributed by atoms with Crippen molar-refractivity contribution in [2.45, 2.75) is 69.2 Å². The van der Waals surface area contributed by atoms with E-state index in [1.54, 1.807) is 0 Å². The normalized spacial score (nSPS) is 16.1. The Bertz CT molecular complexity index is 1510. The molecule has 0 aromatic heterocycles. The summed E-state index contributed by atoms with van der Waals surface area (Å²) in [6.07, 6.45) is -0.326. The standard InChI is InChI=1S/C24H20B.2C10H15.C6H8O4S.2CH3.2Rh/c1-5-13-21(14-6-1)25(22-15-7-2-8-16-22,23-17-9-3-10-18-23)24-19-11-4-12-20-24;2*1-6-7(2)9(4)10(5)8(6)3;1-9-5(7)3-4(11)6(8)10-2;;;;/h1-20H;2*1-5H3;3,11H,1-2H3;2*1H3;;/q-1;;;;2*-1;;+2/p-1/b;;;4-3+;;;;. The third-order valence-electron chi connectivity index (χ3n) is 11.7. The number of rotatable bonds is 6. The maximum atomic E-state index is 10.6. The summed E-state index contributed by atoms with van der Waals surface area (Å²) in [5.74, 6) is 13.3. The molecule has 6 rings (SSSR count). The summed E-state index contributed by atoms with van der Waals surface area (Å²) in [4.78, 5) is 20.8. The van der Waals surface area contributed by atoms with E-state index in [1.165, 1.54) is 95.2 Å². The van der Waals surface area contributed by atoms with Gasteiger partial charge in [-0.25, -0.2) is 9.59 Å². The van der Waals surface area contributed by atoms with E-state index >= 15 is 0 Å². The first kappa shape index (κ1) is 59.2. The maximum absolute atomic E-state index is 10.6. The van der Waals surface area contributed by atoms with Gasteiger partial charge in [0.05, 0.1) is 14.2 Å². The summed E-state index contributed by atoms with van der Waals surface area (Å²) in [5, 5.41) is 0. The Morgan fingerprint density at radius 2 is 0.633 bits per heavy atom. The number of carbonyl (C=O) groups excluding carboxylic acids is 2. The second-order valence-electron chi connectivity index (χ2n) is 14.3. The Hall–Kier alpha value is -2.91. The minimum atomic E-state index is -1.22. The van der Waals surface area contributed by atoms with Crippen LogP contribution >= 0.6 is 0 Å². The predicted octanol–water partition coefficient (Wildman–Crippen LogP) is 9.67. The van der Waals surface area contributed by atoms with E-state index in [0.29, 0.717) is 0 Å². The van der Waals surface area contributed by atoms with Crippen molar-refractivity contribution >= 4 is 52.6 Å². The Morgan fingerprint density at radius 3 is 0.800 bits per heavy atom. The number of carbonyl (C=O) groups is 2. The summed E-state index contributed by atoms with van der Waals surface area (Å²) >= 11 is 4.49. The summed E-state index contributed by atoms with van der Waals surface area (Å²) in [6, 6.07) is 43.5. The molecule has 8 heteroatoms. The van der Waals surface area contributed by atoms with Crippen LogP contribution in [0.15, 0.2) is 132 Å². The van der Waals surface area contributed by atoms with Gasteiger partial charge in [0.1, 0.15) is 6.15 Å². The molecule has 0 aliphatic heterocycles. The average molecular weight is 1000 g/mol. The van der Waals surface area contributed by atoms with Crippen LogP contribution in [0.1, 0.15) is 69.2 Å². The maximum Gasteiger partial charge on any atom is 2.00 e. The first-order valence-corrected chi connectivity index (χ1v) is 19.4. The molecule has 60 heavy (non-hydrogen) atoms. The van der Waals surface area contributed by atoms with E-state index in [9.17, 15) is 9.59 Å². The molecule has 0 N–H and O–H groups in total. The van der Waals surface area contributed by atoms with Crippen LogP contribution in [0, 0.1) is 74.0 Å². The molecule has 0 unspecified atom stereocenters.